The molecule has 2 aliphatic heterocycles. The van der Waals surface area contributed by atoms with Crippen LogP contribution in [0.4, 0.5) is 0 Å². The Kier molecular flexibility index (Phi) is 4.46. The van der Waals surface area contributed by atoms with Crippen LogP contribution in [0.15, 0.2) is 11.4 Å². The summed E-state index contributed by atoms with van der Waals surface area (Å²) in [5.74, 6) is -0.376. The molecule has 1 aromatic rings. The van der Waals surface area contributed by atoms with E-state index in [-0.39, 0.29) is 23.3 Å². The molecule has 23 heavy (non-hydrogen) atoms. The Morgan fingerprint density at radius 2 is 1.83 bits per heavy atom. The first-order valence-electron chi connectivity index (χ1n) is 7.70. The molecule has 0 bridgehead atoms. The number of carbonyl (C=O) groups is 2. The number of rotatable bonds is 2. The van der Waals surface area contributed by atoms with Gasteiger partial charge in [0.05, 0.1) is 22.3 Å². The average Bonchev–Trinajstić information content (AvgIpc) is 3.11. The summed E-state index contributed by atoms with van der Waals surface area (Å²) in [6, 6.07) is 1.93. The number of nitrogens with zero attached hydrogens (tertiary/aromatic N) is 2. The Morgan fingerprint density at radius 1 is 1.17 bits per heavy atom. The lowest BCUT2D eigenvalue weighted by Gasteiger charge is -2.35. The quantitative estimate of drug-likeness (QED) is 0.785. The van der Waals surface area contributed by atoms with Gasteiger partial charge in [0.15, 0.2) is 9.84 Å². The number of hydrogen-bond acceptors (Lipinski definition) is 5. The van der Waals surface area contributed by atoms with E-state index in [4.69, 9.17) is 0 Å². The minimum atomic E-state index is -3.05. The molecule has 3 rings (SSSR count). The SMILES string of the molecule is Cc1ccsc1C(=O)N1CCN(C(=O)[C@H]2CCS(=O)(=O)C2)CC1. The molecule has 2 saturated heterocycles. The molecule has 0 N–H and O–H groups in total. The van der Waals surface area contributed by atoms with Gasteiger partial charge in [-0.1, -0.05) is 0 Å². The molecule has 1 atom stereocenters. The van der Waals surface area contributed by atoms with E-state index in [1.54, 1.807) is 9.80 Å². The lowest BCUT2D eigenvalue weighted by molar-refractivity contribution is -0.136. The Labute approximate surface area is 140 Å². The van der Waals surface area contributed by atoms with Crippen LogP contribution >= 0.6 is 11.3 Å². The normalized spacial score (nSPS) is 24.0. The summed E-state index contributed by atoms with van der Waals surface area (Å²) in [6.07, 6.45) is 0.425. The van der Waals surface area contributed by atoms with Crippen LogP contribution in [-0.2, 0) is 14.6 Å². The van der Waals surface area contributed by atoms with Gasteiger partial charge < -0.3 is 9.80 Å². The predicted molar refractivity (Wildman–Crippen MR) is 88.3 cm³/mol. The van der Waals surface area contributed by atoms with E-state index in [9.17, 15) is 18.0 Å². The van der Waals surface area contributed by atoms with Crippen molar-refractivity contribution in [2.24, 2.45) is 5.92 Å². The Morgan fingerprint density at radius 3 is 2.35 bits per heavy atom. The Bertz CT molecular complexity index is 718. The molecule has 2 aliphatic rings. The van der Waals surface area contributed by atoms with Gasteiger partial charge in [-0.25, -0.2) is 8.42 Å². The van der Waals surface area contributed by atoms with Crippen molar-refractivity contribution in [3.8, 4) is 0 Å². The molecule has 126 valence electrons. The summed E-state index contributed by atoms with van der Waals surface area (Å²) in [5, 5.41) is 1.91. The van der Waals surface area contributed by atoms with Crippen molar-refractivity contribution in [1.29, 1.82) is 0 Å². The number of carbonyl (C=O) groups excluding carboxylic acids is 2. The summed E-state index contributed by atoms with van der Waals surface area (Å²) in [7, 11) is -3.05. The maximum Gasteiger partial charge on any atom is 0.264 e. The third-order valence-electron chi connectivity index (χ3n) is 4.52. The van der Waals surface area contributed by atoms with E-state index in [0.29, 0.717) is 32.6 Å². The van der Waals surface area contributed by atoms with Gasteiger partial charge in [-0.15, -0.1) is 11.3 Å². The summed E-state index contributed by atoms with van der Waals surface area (Å²) in [4.78, 5) is 29.1. The lowest BCUT2D eigenvalue weighted by atomic mass is 10.1. The van der Waals surface area contributed by atoms with Gasteiger partial charge in [-0.3, -0.25) is 9.59 Å². The molecule has 8 heteroatoms. The molecule has 0 radical (unpaired) electrons. The van der Waals surface area contributed by atoms with Crippen LogP contribution in [0, 0.1) is 12.8 Å². The van der Waals surface area contributed by atoms with Crippen molar-refractivity contribution >= 4 is 33.0 Å². The Hall–Kier alpha value is -1.41. The second kappa shape index (κ2) is 6.24. The molecular weight excluding hydrogens is 336 g/mol. The highest BCUT2D eigenvalue weighted by Gasteiger charge is 2.36. The molecule has 3 heterocycles. The number of piperazine rings is 1. The largest absolute Gasteiger partial charge is 0.339 e. The van der Waals surface area contributed by atoms with Crippen LogP contribution in [0.2, 0.25) is 0 Å². The highest BCUT2D eigenvalue weighted by molar-refractivity contribution is 7.91. The molecule has 2 fully saturated rings. The van der Waals surface area contributed by atoms with E-state index in [1.165, 1.54) is 11.3 Å². The van der Waals surface area contributed by atoms with Crippen LogP contribution in [0.5, 0.6) is 0 Å². The summed E-state index contributed by atoms with van der Waals surface area (Å²) in [5.41, 5.74) is 0.981. The maximum atomic E-state index is 12.5. The number of aryl methyl sites for hydroxylation is 1. The number of hydrogen-bond donors (Lipinski definition) is 0. The number of sulfone groups is 1. The second-order valence-corrected chi connectivity index (χ2v) is 9.30. The standard InChI is InChI=1S/C15H20N2O4S2/c1-11-2-8-22-13(11)15(19)17-6-4-16(5-7-17)14(18)12-3-9-23(20,21)10-12/h2,8,12H,3-7,9-10H2,1H3/t12-/m0/s1. The lowest BCUT2D eigenvalue weighted by Crippen LogP contribution is -2.52. The molecule has 0 saturated carbocycles. The fourth-order valence-electron chi connectivity index (χ4n) is 3.11. The smallest absolute Gasteiger partial charge is 0.264 e. The summed E-state index contributed by atoms with van der Waals surface area (Å²) < 4.78 is 23.0. The molecule has 2 amide bonds. The van der Waals surface area contributed by atoms with Crippen molar-refractivity contribution in [2.75, 3.05) is 37.7 Å². The summed E-state index contributed by atoms with van der Waals surface area (Å²) in [6.45, 7) is 3.88. The van der Waals surface area contributed by atoms with Gasteiger partial charge >= 0.3 is 0 Å². The average molecular weight is 356 g/mol. The minimum absolute atomic E-state index is 0.0213. The first-order chi connectivity index (χ1) is 10.9. The zero-order valence-corrected chi connectivity index (χ0v) is 14.7. The third-order valence-corrected chi connectivity index (χ3v) is 7.29. The monoisotopic (exact) mass is 356 g/mol. The molecule has 6 nitrogen and oxygen atoms in total. The minimum Gasteiger partial charge on any atom is -0.339 e. The van der Waals surface area contributed by atoms with E-state index >= 15 is 0 Å². The van der Waals surface area contributed by atoms with Crippen LogP contribution in [0.25, 0.3) is 0 Å². The first kappa shape index (κ1) is 16.4. The number of amides is 2. The molecule has 0 unspecified atom stereocenters. The molecule has 0 aliphatic carbocycles. The van der Waals surface area contributed by atoms with Crippen molar-refractivity contribution in [1.82, 2.24) is 9.80 Å². The van der Waals surface area contributed by atoms with Crippen molar-refractivity contribution in [2.45, 2.75) is 13.3 Å². The van der Waals surface area contributed by atoms with E-state index in [2.05, 4.69) is 0 Å². The van der Waals surface area contributed by atoms with Crippen molar-refractivity contribution < 1.29 is 18.0 Å². The fraction of sp³-hybridized carbons (Fsp3) is 0.600. The highest BCUT2D eigenvalue weighted by atomic mass is 32.2. The van der Waals surface area contributed by atoms with E-state index < -0.39 is 15.8 Å². The zero-order valence-electron chi connectivity index (χ0n) is 13.0. The maximum absolute atomic E-state index is 12.5. The Balaban J connectivity index is 1.57. The van der Waals surface area contributed by atoms with Crippen LogP contribution in [-0.4, -0.2) is 67.7 Å². The molecule has 0 spiro atoms. The van der Waals surface area contributed by atoms with E-state index in [1.807, 2.05) is 18.4 Å². The highest BCUT2D eigenvalue weighted by Crippen LogP contribution is 2.23. The molecule has 1 aromatic heterocycles. The van der Waals surface area contributed by atoms with Crippen molar-refractivity contribution in [3.63, 3.8) is 0 Å². The topological polar surface area (TPSA) is 74.8 Å². The van der Waals surface area contributed by atoms with Crippen LogP contribution in [0.3, 0.4) is 0 Å². The van der Waals surface area contributed by atoms with Crippen LogP contribution < -0.4 is 0 Å². The van der Waals surface area contributed by atoms with Gasteiger partial charge in [0.25, 0.3) is 5.91 Å². The van der Waals surface area contributed by atoms with Gasteiger partial charge in [0.2, 0.25) is 5.91 Å². The van der Waals surface area contributed by atoms with Crippen molar-refractivity contribution in [3.05, 3.63) is 21.9 Å². The third kappa shape index (κ3) is 3.42. The predicted octanol–water partition coefficient (Wildman–Crippen LogP) is 0.776. The van der Waals surface area contributed by atoms with Gasteiger partial charge in [0, 0.05) is 26.2 Å². The number of thiophene rings is 1. The summed E-state index contributed by atoms with van der Waals surface area (Å²) >= 11 is 1.44. The fourth-order valence-corrected chi connectivity index (χ4v) is 5.74. The first-order valence-corrected chi connectivity index (χ1v) is 10.4. The van der Waals surface area contributed by atoms with Gasteiger partial charge in [0.1, 0.15) is 0 Å². The van der Waals surface area contributed by atoms with Crippen LogP contribution in [0.1, 0.15) is 21.7 Å². The second-order valence-electron chi connectivity index (χ2n) is 6.15. The van der Waals surface area contributed by atoms with Gasteiger partial charge in [-0.05, 0) is 30.4 Å². The van der Waals surface area contributed by atoms with Gasteiger partial charge in [-0.2, -0.15) is 0 Å². The molecule has 0 aromatic carbocycles. The zero-order chi connectivity index (χ0) is 16.6. The molecular formula is C15H20N2O4S2. The van der Waals surface area contributed by atoms with E-state index in [0.717, 1.165) is 10.4 Å².